The van der Waals surface area contributed by atoms with Crippen LogP contribution in [0.3, 0.4) is 0 Å². The van der Waals surface area contributed by atoms with E-state index in [4.69, 9.17) is 39.8 Å². The Morgan fingerprint density at radius 2 is 2.14 bits per heavy atom. The van der Waals surface area contributed by atoms with Gasteiger partial charge in [-0.2, -0.15) is 10.1 Å². The summed E-state index contributed by atoms with van der Waals surface area (Å²) in [5, 5.41) is 6.29. The highest BCUT2D eigenvalue weighted by Gasteiger charge is 2.26. The molecule has 0 aliphatic carbocycles. The van der Waals surface area contributed by atoms with Gasteiger partial charge in [-0.25, -0.2) is 0 Å². The highest BCUT2D eigenvalue weighted by atomic mass is 35.5. The summed E-state index contributed by atoms with van der Waals surface area (Å²) in [5.74, 6) is 1.26. The van der Waals surface area contributed by atoms with Crippen LogP contribution in [0.1, 0.15) is 5.76 Å². The summed E-state index contributed by atoms with van der Waals surface area (Å²) < 4.78 is 6.09. The van der Waals surface area contributed by atoms with E-state index in [1.165, 1.54) is 23.0 Å². The van der Waals surface area contributed by atoms with Gasteiger partial charge in [0.05, 0.1) is 17.0 Å². The second kappa shape index (κ2) is 6.42. The fourth-order valence-electron chi connectivity index (χ4n) is 1.83. The molecule has 4 nitrogen and oxygen atoms in total. The van der Waals surface area contributed by atoms with Crippen molar-refractivity contribution in [3.8, 4) is 11.3 Å². The Morgan fingerprint density at radius 3 is 2.82 bits per heavy atom. The number of hydrogen-bond acceptors (Lipinski definition) is 5. The van der Waals surface area contributed by atoms with E-state index in [0.717, 1.165) is 5.56 Å². The lowest BCUT2D eigenvalue weighted by atomic mass is 10.2. The first-order valence-electron chi connectivity index (χ1n) is 6.13. The Kier molecular flexibility index (Phi) is 4.54. The van der Waals surface area contributed by atoms with E-state index in [0.29, 0.717) is 31.6 Å². The molecule has 1 aliphatic rings. The van der Waals surface area contributed by atoms with Crippen molar-refractivity contribution in [2.45, 2.75) is 0 Å². The van der Waals surface area contributed by atoms with Crippen LogP contribution in [0.5, 0.6) is 0 Å². The summed E-state index contributed by atoms with van der Waals surface area (Å²) in [7, 11) is 0. The Hall–Kier alpha value is -1.34. The summed E-state index contributed by atoms with van der Waals surface area (Å²) in [6, 6.07) is 8.67. The van der Waals surface area contributed by atoms with E-state index in [2.05, 4.69) is 5.10 Å². The van der Waals surface area contributed by atoms with Crippen molar-refractivity contribution in [1.82, 2.24) is 5.01 Å². The molecule has 0 unspecified atom stereocenters. The fraction of sp³-hybridized carbons (Fsp3) is 0.0714. The molecule has 112 valence electrons. The minimum atomic E-state index is -0.140. The maximum atomic E-state index is 11.6. The van der Waals surface area contributed by atoms with E-state index in [-0.39, 0.29) is 5.91 Å². The maximum absolute atomic E-state index is 11.6. The number of hydrogen-bond donors (Lipinski definition) is 0. The number of carbonyl (C=O) groups is 1. The Balaban J connectivity index is 1.82. The smallest absolute Gasteiger partial charge is 0.259 e. The van der Waals surface area contributed by atoms with Gasteiger partial charge < -0.3 is 4.42 Å². The van der Waals surface area contributed by atoms with Gasteiger partial charge in [-0.1, -0.05) is 47.2 Å². The summed E-state index contributed by atoms with van der Waals surface area (Å²) in [6.45, 7) is 0. The van der Waals surface area contributed by atoms with Crippen LogP contribution in [-0.2, 0) is 4.79 Å². The van der Waals surface area contributed by atoms with Crippen molar-refractivity contribution in [3.05, 3.63) is 46.1 Å². The summed E-state index contributed by atoms with van der Waals surface area (Å²) in [4.78, 5) is 11.6. The molecular formula is C14H8Cl2N2O2S2. The lowest BCUT2D eigenvalue weighted by Crippen LogP contribution is -2.22. The number of thiocarbonyl (C=S) groups is 1. The summed E-state index contributed by atoms with van der Waals surface area (Å²) in [5.41, 5.74) is 0.731. The Labute approximate surface area is 146 Å². The second-order valence-electron chi connectivity index (χ2n) is 4.33. The lowest BCUT2D eigenvalue weighted by Gasteiger charge is -2.05. The number of hydrazone groups is 1. The molecule has 0 radical (unpaired) electrons. The van der Waals surface area contributed by atoms with Crippen LogP contribution in [0.25, 0.3) is 11.3 Å². The number of furan rings is 1. The molecule has 1 amide bonds. The molecule has 1 aliphatic heterocycles. The third-order valence-electron chi connectivity index (χ3n) is 2.85. The molecule has 8 heteroatoms. The predicted octanol–water partition coefficient (Wildman–Crippen LogP) is 4.45. The predicted molar refractivity (Wildman–Crippen MR) is 93.7 cm³/mol. The van der Waals surface area contributed by atoms with Gasteiger partial charge >= 0.3 is 0 Å². The van der Waals surface area contributed by atoms with Gasteiger partial charge in [0.1, 0.15) is 11.5 Å². The minimum absolute atomic E-state index is 0.140. The molecule has 1 aromatic heterocycles. The van der Waals surface area contributed by atoms with Crippen molar-refractivity contribution in [3.63, 3.8) is 0 Å². The van der Waals surface area contributed by atoms with E-state index in [9.17, 15) is 4.79 Å². The summed E-state index contributed by atoms with van der Waals surface area (Å²) >= 11 is 18.3. The third kappa shape index (κ3) is 3.20. The average molecular weight is 371 g/mol. The third-order valence-corrected chi connectivity index (χ3v) is 4.74. The van der Waals surface area contributed by atoms with Crippen molar-refractivity contribution < 1.29 is 9.21 Å². The van der Waals surface area contributed by atoms with Gasteiger partial charge in [-0.05, 0) is 30.3 Å². The average Bonchev–Trinajstić information content (AvgIpc) is 3.05. The van der Waals surface area contributed by atoms with Crippen LogP contribution >= 0.6 is 47.2 Å². The molecule has 1 saturated heterocycles. The number of benzene rings is 1. The molecule has 0 spiro atoms. The van der Waals surface area contributed by atoms with Gasteiger partial charge in [0, 0.05) is 10.6 Å². The first-order chi connectivity index (χ1) is 10.5. The second-order valence-corrected chi connectivity index (χ2v) is 6.78. The number of thioether (sulfide) groups is 1. The zero-order valence-corrected chi connectivity index (χ0v) is 14.1. The van der Waals surface area contributed by atoms with E-state index < -0.39 is 0 Å². The molecule has 2 heterocycles. The number of halogens is 2. The standard InChI is InChI=1S/C14H8Cl2N2O2S2/c15-8-1-3-10(11(16)5-8)12-4-2-9(20-12)6-17-18-13(19)7-22-14(18)21/h1-6H,7H2/b17-6-. The molecule has 0 N–H and O–H groups in total. The van der Waals surface area contributed by atoms with E-state index >= 15 is 0 Å². The largest absolute Gasteiger partial charge is 0.455 e. The van der Waals surface area contributed by atoms with Crippen molar-refractivity contribution in [2.24, 2.45) is 5.10 Å². The topological polar surface area (TPSA) is 45.8 Å². The first kappa shape index (κ1) is 15.6. The normalized spacial score (nSPS) is 15.3. The zero-order chi connectivity index (χ0) is 15.7. The highest BCUT2D eigenvalue weighted by Crippen LogP contribution is 2.31. The molecule has 2 aromatic rings. The molecule has 0 atom stereocenters. The molecule has 3 rings (SSSR count). The molecule has 0 saturated carbocycles. The number of amides is 1. The van der Waals surface area contributed by atoms with Crippen LogP contribution in [0.2, 0.25) is 10.0 Å². The number of rotatable bonds is 3. The Bertz CT molecular complexity index is 773. The van der Waals surface area contributed by atoms with Crippen LogP contribution in [0.4, 0.5) is 0 Å². The van der Waals surface area contributed by atoms with Crippen molar-refractivity contribution in [2.75, 3.05) is 5.75 Å². The lowest BCUT2D eigenvalue weighted by molar-refractivity contribution is -0.123. The number of nitrogens with zero attached hydrogens (tertiary/aromatic N) is 2. The molecule has 22 heavy (non-hydrogen) atoms. The molecular weight excluding hydrogens is 363 g/mol. The van der Waals surface area contributed by atoms with Gasteiger partial charge in [0.25, 0.3) is 5.91 Å². The quantitative estimate of drug-likeness (QED) is 0.591. The zero-order valence-electron chi connectivity index (χ0n) is 11.0. The minimum Gasteiger partial charge on any atom is -0.455 e. The molecule has 0 bridgehead atoms. The fourth-order valence-corrected chi connectivity index (χ4v) is 3.30. The highest BCUT2D eigenvalue weighted by molar-refractivity contribution is 8.23. The molecule has 1 fully saturated rings. The number of carbonyl (C=O) groups excluding carboxylic acids is 1. The van der Waals surface area contributed by atoms with Gasteiger partial charge in [-0.3, -0.25) is 4.79 Å². The van der Waals surface area contributed by atoms with Crippen LogP contribution in [0.15, 0.2) is 39.9 Å². The van der Waals surface area contributed by atoms with Crippen molar-refractivity contribution in [1.29, 1.82) is 0 Å². The first-order valence-corrected chi connectivity index (χ1v) is 8.28. The van der Waals surface area contributed by atoms with Crippen LogP contribution < -0.4 is 0 Å². The van der Waals surface area contributed by atoms with E-state index in [1.807, 2.05) is 0 Å². The van der Waals surface area contributed by atoms with Gasteiger partial charge in [-0.15, -0.1) is 0 Å². The van der Waals surface area contributed by atoms with E-state index in [1.54, 1.807) is 30.3 Å². The van der Waals surface area contributed by atoms with Crippen LogP contribution in [-0.4, -0.2) is 27.2 Å². The monoisotopic (exact) mass is 370 g/mol. The Morgan fingerprint density at radius 1 is 1.32 bits per heavy atom. The maximum Gasteiger partial charge on any atom is 0.259 e. The molecule has 1 aromatic carbocycles. The SMILES string of the molecule is O=C1CSC(=S)N1/N=C\c1ccc(-c2ccc(Cl)cc2Cl)o1. The summed E-state index contributed by atoms with van der Waals surface area (Å²) in [6.07, 6.45) is 1.45. The van der Waals surface area contributed by atoms with Gasteiger partial charge in [0.15, 0.2) is 4.32 Å². The van der Waals surface area contributed by atoms with Crippen LogP contribution in [0, 0.1) is 0 Å². The van der Waals surface area contributed by atoms with Crippen molar-refractivity contribution >= 4 is 63.6 Å². The van der Waals surface area contributed by atoms with Gasteiger partial charge in [0.2, 0.25) is 0 Å².